The predicted octanol–water partition coefficient (Wildman–Crippen LogP) is 6.25. The second-order valence-electron chi connectivity index (χ2n) is 8.74. The number of halogens is 2. The first-order chi connectivity index (χ1) is 18.8. The number of nitro groups is 1. The lowest BCUT2D eigenvalue weighted by Crippen LogP contribution is -2.22. The van der Waals surface area contributed by atoms with Crippen molar-refractivity contribution in [3.05, 3.63) is 95.4 Å². The van der Waals surface area contributed by atoms with Crippen LogP contribution in [-0.4, -0.2) is 27.6 Å². The van der Waals surface area contributed by atoms with Gasteiger partial charge in [0, 0.05) is 22.5 Å². The Labute approximate surface area is 236 Å². The summed E-state index contributed by atoms with van der Waals surface area (Å²) < 4.78 is 18.4. The van der Waals surface area contributed by atoms with E-state index in [1.54, 1.807) is 30.3 Å². The highest BCUT2D eigenvalue weighted by atomic mass is 79.9. The van der Waals surface area contributed by atoms with Crippen molar-refractivity contribution in [1.82, 2.24) is 9.66 Å². The van der Waals surface area contributed by atoms with E-state index in [-0.39, 0.29) is 35.4 Å². The molecule has 39 heavy (non-hydrogen) atoms. The Morgan fingerprint density at radius 1 is 1.21 bits per heavy atom. The number of aromatic nitrogens is 2. The van der Waals surface area contributed by atoms with Crippen LogP contribution in [0, 0.1) is 10.1 Å². The van der Waals surface area contributed by atoms with E-state index in [1.807, 2.05) is 13.0 Å². The van der Waals surface area contributed by atoms with Crippen LogP contribution in [0.1, 0.15) is 36.7 Å². The summed E-state index contributed by atoms with van der Waals surface area (Å²) in [7, 11) is 0. The molecule has 0 saturated carbocycles. The summed E-state index contributed by atoms with van der Waals surface area (Å²) in [5, 5.41) is 16.7. The third kappa shape index (κ3) is 5.74. The van der Waals surface area contributed by atoms with E-state index in [0.717, 1.165) is 22.9 Å². The first-order valence-corrected chi connectivity index (χ1v) is 13.3. The van der Waals surface area contributed by atoms with Gasteiger partial charge in [0.25, 0.3) is 5.56 Å². The van der Waals surface area contributed by atoms with Gasteiger partial charge in [-0.3, -0.25) is 14.9 Å². The van der Waals surface area contributed by atoms with Crippen LogP contribution in [0.5, 0.6) is 17.2 Å². The summed E-state index contributed by atoms with van der Waals surface area (Å²) in [5.74, 6) is 1.62. The molecule has 0 unspecified atom stereocenters. The first-order valence-electron chi connectivity index (χ1n) is 12.1. The summed E-state index contributed by atoms with van der Waals surface area (Å²) in [5.41, 5.74) is 0.953. The molecular weight excluding hydrogens is 592 g/mol. The zero-order valence-corrected chi connectivity index (χ0v) is 23.1. The molecule has 0 saturated heterocycles. The highest BCUT2D eigenvalue weighted by Gasteiger charge is 2.21. The molecule has 12 heteroatoms. The maximum atomic E-state index is 13.3. The van der Waals surface area contributed by atoms with E-state index in [1.165, 1.54) is 23.0 Å². The van der Waals surface area contributed by atoms with Gasteiger partial charge >= 0.3 is 5.69 Å². The molecule has 200 valence electrons. The molecule has 3 aromatic carbocycles. The van der Waals surface area contributed by atoms with Crippen LogP contribution < -0.4 is 19.8 Å². The Balaban J connectivity index is 1.46. The van der Waals surface area contributed by atoms with E-state index >= 15 is 0 Å². The van der Waals surface area contributed by atoms with Gasteiger partial charge in [-0.2, -0.15) is 9.78 Å². The number of aryl methyl sites for hydroxylation is 1. The molecular formula is C27H22BrClN4O6. The molecule has 0 amide bonds. The first kappa shape index (κ1) is 26.6. The van der Waals surface area contributed by atoms with E-state index < -0.39 is 4.92 Å². The Hall–Kier alpha value is -3.96. The van der Waals surface area contributed by atoms with Crippen molar-refractivity contribution < 1.29 is 19.1 Å². The van der Waals surface area contributed by atoms with Crippen LogP contribution in [0.3, 0.4) is 0 Å². The zero-order valence-electron chi connectivity index (χ0n) is 20.7. The highest BCUT2D eigenvalue weighted by molar-refractivity contribution is 9.10. The summed E-state index contributed by atoms with van der Waals surface area (Å²) in [6, 6.07) is 13.3. The zero-order chi connectivity index (χ0) is 27.5. The SMILES string of the molecule is CCCCc1nc2ccc(Br)cc2c(=O)n1N=Cc1cc(Cl)c(OCc2ccc3c(c2)OCO3)c([N+](=O)[O-])c1. The quantitative estimate of drug-likeness (QED) is 0.124. The molecule has 1 aromatic heterocycles. The van der Waals surface area contributed by atoms with E-state index in [4.69, 9.17) is 25.8 Å². The van der Waals surface area contributed by atoms with Crippen molar-refractivity contribution in [3.63, 3.8) is 0 Å². The maximum absolute atomic E-state index is 13.3. The number of hydrogen-bond donors (Lipinski definition) is 0. The topological polar surface area (TPSA) is 118 Å². The van der Waals surface area contributed by atoms with E-state index in [9.17, 15) is 14.9 Å². The Morgan fingerprint density at radius 2 is 2.03 bits per heavy atom. The van der Waals surface area contributed by atoms with Gasteiger partial charge in [-0.05, 0) is 48.4 Å². The minimum absolute atomic E-state index is 0.0269. The lowest BCUT2D eigenvalue weighted by molar-refractivity contribution is -0.385. The minimum atomic E-state index is -0.577. The Bertz CT molecular complexity index is 1670. The van der Waals surface area contributed by atoms with Gasteiger partial charge in [0.1, 0.15) is 12.4 Å². The number of ether oxygens (including phenoxy) is 3. The summed E-state index contributed by atoms with van der Waals surface area (Å²) in [4.78, 5) is 29.2. The molecule has 0 radical (unpaired) electrons. The van der Waals surface area contributed by atoms with Gasteiger partial charge in [-0.1, -0.05) is 46.9 Å². The highest BCUT2D eigenvalue weighted by Crippen LogP contribution is 2.37. The third-order valence-electron chi connectivity index (χ3n) is 6.01. The van der Waals surface area contributed by atoms with Crippen molar-refractivity contribution in [1.29, 1.82) is 0 Å². The second-order valence-corrected chi connectivity index (χ2v) is 10.1. The van der Waals surface area contributed by atoms with Crippen LogP contribution >= 0.6 is 27.5 Å². The van der Waals surface area contributed by atoms with Crippen LogP contribution in [0.25, 0.3) is 10.9 Å². The van der Waals surface area contributed by atoms with Crippen molar-refractivity contribution in [3.8, 4) is 17.2 Å². The molecule has 0 atom stereocenters. The molecule has 10 nitrogen and oxygen atoms in total. The van der Waals surface area contributed by atoms with Crippen LogP contribution in [0.2, 0.25) is 5.02 Å². The molecule has 4 aromatic rings. The van der Waals surface area contributed by atoms with Gasteiger partial charge in [0.2, 0.25) is 12.5 Å². The molecule has 2 heterocycles. The fourth-order valence-electron chi connectivity index (χ4n) is 4.07. The maximum Gasteiger partial charge on any atom is 0.313 e. The molecule has 0 fully saturated rings. The Morgan fingerprint density at radius 3 is 2.82 bits per heavy atom. The molecule has 0 bridgehead atoms. The smallest absolute Gasteiger partial charge is 0.313 e. The number of fused-ring (bicyclic) bond motifs is 2. The lowest BCUT2D eigenvalue weighted by atomic mass is 10.2. The van der Waals surface area contributed by atoms with Crippen LogP contribution in [0.15, 0.2) is 62.9 Å². The lowest BCUT2D eigenvalue weighted by Gasteiger charge is -2.11. The average molecular weight is 614 g/mol. The summed E-state index contributed by atoms with van der Waals surface area (Å²) in [6.45, 7) is 2.21. The largest absolute Gasteiger partial charge is 0.481 e. The fourth-order valence-corrected chi connectivity index (χ4v) is 4.71. The average Bonchev–Trinajstić information content (AvgIpc) is 3.39. The number of nitro benzene ring substituents is 1. The van der Waals surface area contributed by atoms with Gasteiger partial charge in [-0.25, -0.2) is 4.98 Å². The Kier molecular flexibility index (Phi) is 7.80. The molecule has 0 N–H and O–H groups in total. The van der Waals surface area contributed by atoms with E-state index in [2.05, 4.69) is 26.0 Å². The van der Waals surface area contributed by atoms with E-state index in [0.29, 0.717) is 40.2 Å². The monoisotopic (exact) mass is 612 g/mol. The van der Waals surface area contributed by atoms with Gasteiger partial charge in [-0.15, -0.1) is 0 Å². The number of nitrogens with zero attached hydrogens (tertiary/aromatic N) is 4. The molecule has 1 aliphatic rings. The van der Waals surface area contributed by atoms with Crippen LogP contribution in [0.4, 0.5) is 5.69 Å². The van der Waals surface area contributed by atoms with Gasteiger partial charge in [0.05, 0.1) is 27.1 Å². The van der Waals surface area contributed by atoms with Crippen molar-refractivity contribution in [2.24, 2.45) is 5.10 Å². The van der Waals surface area contributed by atoms with Crippen molar-refractivity contribution >= 4 is 50.3 Å². The predicted molar refractivity (Wildman–Crippen MR) is 150 cm³/mol. The number of hydrogen-bond acceptors (Lipinski definition) is 8. The van der Waals surface area contributed by atoms with Crippen molar-refractivity contribution in [2.75, 3.05) is 6.79 Å². The second kappa shape index (κ2) is 11.4. The van der Waals surface area contributed by atoms with Gasteiger partial charge in [0.15, 0.2) is 11.5 Å². The minimum Gasteiger partial charge on any atom is -0.481 e. The fraction of sp³-hybridized carbons (Fsp3) is 0.222. The van der Waals surface area contributed by atoms with Gasteiger partial charge < -0.3 is 14.2 Å². The molecule has 1 aliphatic heterocycles. The standard InChI is InChI=1S/C27H22BrClN4O6/c1-2-3-4-25-31-21-7-6-18(28)12-19(21)27(34)32(25)30-13-17-9-20(29)26(22(10-17)33(35)36)37-14-16-5-8-23-24(11-16)39-15-38-23/h5-13H,2-4,14-15H2,1H3. The third-order valence-corrected chi connectivity index (χ3v) is 6.79. The summed E-state index contributed by atoms with van der Waals surface area (Å²) in [6.07, 6.45) is 3.62. The number of unbranched alkanes of at least 4 members (excludes halogenated alkanes) is 1. The molecule has 5 rings (SSSR count). The van der Waals surface area contributed by atoms with Crippen LogP contribution in [-0.2, 0) is 13.0 Å². The normalized spacial score (nSPS) is 12.4. The molecule has 0 spiro atoms. The number of benzene rings is 3. The summed E-state index contributed by atoms with van der Waals surface area (Å²) >= 11 is 9.81. The molecule has 0 aliphatic carbocycles. The number of rotatable bonds is 9. The van der Waals surface area contributed by atoms with Crippen molar-refractivity contribution in [2.45, 2.75) is 32.8 Å².